The molecule has 25 heavy (non-hydrogen) atoms. The van der Waals surface area contributed by atoms with Gasteiger partial charge in [-0.3, -0.25) is 4.90 Å². The number of hydrogen-bond donors (Lipinski definition) is 1. The lowest BCUT2D eigenvalue weighted by Gasteiger charge is -2.32. The van der Waals surface area contributed by atoms with E-state index in [-0.39, 0.29) is 17.8 Å². The fraction of sp³-hybridized carbons (Fsp3) is 0.765. The fourth-order valence-corrected chi connectivity index (χ4v) is 3.25. The SMILES string of the molecule is CN(c1ncc(B2OC(C)(C)C(C)(C)O2)cn1)[C@H]1CCN(CCO)C1. The quantitative estimate of drug-likeness (QED) is 0.767. The van der Waals surface area contributed by atoms with Crippen LogP contribution in [0.3, 0.4) is 0 Å². The number of aromatic nitrogens is 2. The van der Waals surface area contributed by atoms with Gasteiger partial charge in [-0.25, -0.2) is 9.97 Å². The third-order valence-electron chi connectivity index (χ3n) is 5.71. The minimum absolute atomic E-state index is 0.204. The van der Waals surface area contributed by atoms with Crippen molar-refractivity contribution >= 4 is 18.5 Å². The molecule has 1 atom stereocenters. The predicted octanol–water partition coefficient (Wildman–Crippen LogP) is 0.279. The van der Waals surface area contributed by atoms with Gasteiger partial charge in [-0.1, -0.05) is 0 Å². The number of likely N-dealkylation sites (N-methyl/N-ethyl adjacent to an activating group) is 1. The summed E-state index contributed by atoms with van der Waals surface area (Å²) in [5.74, 6) is 0.705. The Balaban J connectivity index is 1.65. The minimum Gasteiger partial charge on any atom is -0.399 e. The summed E-state index contributed by atoms with van der Waals surface area (Å²) in [6.45, 7) is 11.0. The monoisotopic (exact) mass is 348 g/mol. The van der Waals surface area contributed by atoms with E-state index < -0.39 is 7.12 Å². The van der Waals surface area contributed by atoms with E-state index in [0.29, 0.717) is 12.0 Å². The average Bonchev–Trinajstić information content (AvgIpc) is 3.10. The molecule has 7 nitrogen and oxygen atoms in total. The number of aliphatic hydroxyl groups is 1. The fourth-order valence-electron chi connectivity index (χ4n) is 3.25. The molecule has 2 saturated heterocycles. The first-order valence-corrected chi connectivity index (χ1v) is 8.97. The van der Waals surface area contributed by atoms with Crippen LogP contribution in [0, 0.1) is 0 Å². The zero-order valence-electron chi connectivity index (χ0n) is 15.9. The van der Waals surface area contributed by atoms with Crippen molar-refractivity contribution in [2.45, 2.75) is 51.4 Å². The number of rotatable bonds is 5. The summed E-state index contributed by atoms with van der Waals surface area (Å²) >= 11 is 0. The molecule has 0 unspecified atom stereocenters. The molecule has 0 spiro atoms. The van der Waals surface area contributed by atoms with Crippen molar-refractivity contribution < 1.29 is 14.4 Å². The van der Waals surface area contributed by atoms with Gasteiger partial charge < -0.3 is 19.3 Å². The minimum atomic E-state index is -0.434. The average molecular weight is 348 g/mol. The first-order chi connectivity index (χ1) is 11.7. The molecule has 0 radical (unpaired) electrons. The molecular weight excluding hydrogens is 319 g/mol. The van der Waals surface area contributed by atoms with Crippen LogP contribution in [0.1, 0.15) is 34.1 Å². The molecule has 2 fully saturated rings. The highest BCUT2D eigenvalue weighted by Gasteiger charge is 2.52. The molecule has 0 aromatic carbocycles. The van der Waals surface area contributed by atoms with Gasteiger partial charge in [0.25, 0.3) is 0 Å². The maximum absolute atomic E-state index is 9.07. The highest BCUT2D eigenvalue weighted by atomic mass is 16.7. The number of aliphatic hydroxyl groups excluding tert-OH is 1. The maximum atomic E-state index is 9.07. The Hall–Kier alpha value is -1.22. The molecule has 1 aromatic heterocycles. The molecule has 3 heterocycles. The summed E-state index contributed by atoms with van der Waals surface area (Å²) in [6.07, 6.45) is 4.64. The molecule has 1 N–H and O–H groups in total. The van der Waals surface area contributed by atoms with Gasteiger partial charge in [-0.2, -0.15) is 0 Å². The van der Waals surface area contributed by atoms with Crippen molar-refractivity contribution in [2.24, 2.45) is 0 Å². The molecule has 1 aromatic rings. The summed E-state index contributed by atoms with van der Waals surface area (Å²) in [4.78, 5) is 13.4. The van der Waals surface area contributed by atoms with E-state index in [2.05, 4.69) is 19.8 Å². The van der Waals surface area contributed by atoms with Gasteiger partial charge in [0.1, 0.15) is 0 Å². The molecule has 0 saturated carbocycles. The van der Waals surface area contributed by atoms with Crippen molar-refractivity contribution in [2.75, 3.05) is 38.2 Å². The first-order valence-electron chi connectivity index (χ1n) is 8.97. The van der Waals surface area contributed by atoms with Gasteiger partial charge in [0.05, 0.1) is 17.8 Å². The first kappa shape index (κ1) is 18.6. The summed E-state index contributed by atoms with van der Waals surface area (Å²) < 4.78 is 12.1. The third kappa shape index (κ3) is 3.67. The third-order valence-corrected chi connectivity index (χ3v) is 5.71. The number of likely N-dealkylation sites (tertiary alicyclic amines) is 1. The normalized spacial score (nSPS) is 25.5. The molecule has 8 heteroatoms. The van der Waals surface area contributed by atoms with Crippen LogP contribution in [-0.4, -0.2) is 77.6 Å². The van der Waals surface area contributed by atoms with Gasteiger partial charge >= 0.3 is 7.12 Å². The summed E-state index contributed by atoms with van der Waals surface area (Å²) in [5.41, 5.74) is 0.101. The van der Waals surface area contributed by atoms with Crippen molar-refractivity contribution in [3.8, 4) is 0 Å². The Bertz CT molecular complexity index is 580. The smallest absolute Gasteiger partial charge is 0.399 e. The Kier molecular flexibility index (Phi) is 5.08. The molecule has 0 bridgehead atoms. The lowest BCUT2D eigenvalue weighted by atomic mass is 9.81. The summed E-state index contributed by atoms with van der Waals surface area (Å²) in [6, 6.07) is 0.370. The lowest BCUT2D eigenvalue weighted by Crippen LogP contribution is -2.41. The van der Waals surface area contributed by atoms with E-state index in [1.165, 1.54) is 0 Å². The molecular formula is C17H29BN4O3. The topological polar surface area (TPSA) is 71.0 Å². The van der Waals surface area contributed by atoms with Crippen molar-refractivity contribution in [1.82, 2.24) is 14.9 Å². The van der Waals surface area contributed by atoms with Crippen LogP contribution in [0.5, 0.6) is 0 Å². The van der Waals surface area contributed by atoms with Gasteiger partial charge in [0.2, 0.25) is 5.95 Å². The zero-order chi connectivity index (χ0) is 18.2. The highest BCUT2D eigenvalue weighted by molar-refractivity contribution is 6.61. The van der Waals surface area contributed by atoms with E-state index in [0.717, 1.165) is 31.5 Å². The van der Waals surface area contributed by atoms with E-state index in [9.17, 15) is 0 Å². The summed E-state index contributed by atoms with van der Waals surface area (Å²) in [7, 11) is 1.59. The van der Waals surface area contributed by atoms with E-state index in [1.54, 1.807) is 12.4 Å². The Morgan fingerprint density at radius 3 is 2.40 bits per heavy atom. The van der Waals surface area contributed by atoms with E-state index >= 15 is 0 Å². The Labute approximate surface area is 150 Å². The van der Waals surface area contributed by atoms with Gasteiger partial charge in [0.15, 0.2) is 0 Å². The Morgan fingerprint density at radius 1 is 1.24 bits per heavy atom. The molecule has 138 valence electrons. The van der Waals surface area contributed by atoms with Gasteiger partial charge in [-0.05, 0) is 34.1 Å². The van der Waals surface area contributed by atoms with Gasteiger partial charge in [0, 0.05) is 50.6 Å². The van der Waals surface area contributed by atoms with Crippen LogP contribution in [-0.2, 0) is 9.31 Å². The second kappa shape index (κ2) is 6.83. The van der Waals surface area contributed by atoms with Crippen LogP contribution >= 0.6 is 0 Å². The van der Waals surface area contributed by atoms with Crippen molar-refractivity contribution in [3.63, 3.8) is 0 Å². The number of anilines is 1. The van der Waals surface area contributed by atoms with Crippen molar-refractivity contribution in [1.29, 1.82) is 0 Å². The van der Waals surface area contributed by atoms with E-state index in [4.69, 9.17) is 14.4 Å². The standard InChI is InChI=1S/C17H29BN4O3/c1-16(2)17(3,4)25-18(24-16)13-10-19-15(20-11-13)21(5)14-6-7-22(12-14)8-9-23/h10-11,14,23H,6-9,12H2,1-5H3/t14-/m0/s1. The molecule has 0 aliphatic carbocycles. The second-order valence-corrected chi connectivity index (χ2v) is 7.98. The van der Waals surface area contributed by atoms with Gasteiger partial charge in [-0.15, -0.1) is 0 Å². The van der Waals surface area contributed by atoms with Crippen LogP contribution in [0.2, 0.25) is 0 Å². The lowest BCUT2D eigenvalue weighted by molar-refractivity contribution is 0.00578. The molecule has 3 rings (SSSR count). The van der Waals surface area contributed by atoms with Crippen molar-refractivity contribution in [3.05, 3.63) is 12.4 Å². The highest BCUT2D eigenvalue weighted by Crippen LogP contribution is 2.36. The number of hydrogen-bond acceptors (Lipinski definition) is 7. The molecule has 2 aliphatic heterocycles. The van der Waals surface area contributed by atoms with E-state index in [1.807, 2.05) is 34.7 Å². The number of β-amino-alcohol motifs (C(OH)–C–C–N with tert-alkyl or cyclic N) is 1. The van der Waals surface area contributed by atoms with Crippen LogP contribution in [0.4, 0.5) is 5.95 Å². The molecule has 0 amide bonds. The van der Waals surface area contributed by atoms with Crippen LogP contribution in [0.25, 0.3) is 0 Å². The maximum Gasteiger partial charge on any atom is 0.498 e. The second-order valence-electron chi connectivity index (χ2n) is 7.98. The Morgan fingerprint density at radius 2 is 1.84 bits per heavy atom. The summed E-state index contributed by atoms with van der Waals surface area (Å²) in [5, 5.41) is 9.07. The molecule has 2 aliphatic rings. The van der Waals surface area contributed by atoms with Crippen LogP contribution < -0.4 is 10.4 Å². The predicted molar refractivity (Wildman–Crippen MR) is 98.1 cm³/mol. The number of nitrogens with zero attached hydrogens (tertiary/aromatic N) is 4. The zero-order valence-corrected chi connectivity index (χ0v) is 15.9. The van der Waals surface area contributed by atoms with Crippen LogP contribution in [0.15, 0.2) is 12.4 Å². The largest absolute Gasteiger partial charge is 0.498 e.